The van der Waals surface area contributed by atoms with Crippen molar-refractivity contribution in [2.24, 2.45) is 11.8 Å². The monoisotopic (exact) mass is 534 g/mol. The molecule has 2 atom stereocenters. The van der Waals surface area contributed by atoms with E-state index in [2.05, 4.69) is 24.8 Å². The van der Waals surface area contributed by atoms with Crippen molar-refractivity contribution >= 4 is 34.4 Å². The Balaban J connectivity index is 1.43. The van der Waals surface area contributed by atoms with E-state index in [0.717, 1.165) is 31.9 Å². The van der Waals surface area contributed by atoms with Crippen LogP contribution in [0.3, 0.4) is 0 Å². The van der Waals surface area contributed by atoms with E-state index >= 15 is 4.39 Å². The summed E-state index contributed by atoms with van der Waals surface area (Å²) < 4.78 is 30.0. The van der Waals surface area contributed by atoms with Gasteiger partial charge in [-0.15, -0.1) is 0 Å². The Morgan fingerprint density at radius 2 is 1.63 bits per heavy atom. The Morgan fingerprint density at radius 1 is 0.921 bits per heavy atom. The van der Waals surface area contributed by atoms with Gasteiger partial charge in [-0.1, -0.05) is 11.6 Å². The van der Waals surface area contributed by atoms with Gasteiger partial charge in [0.1, 0.15) is 22.8 Å². The van der Waals surface area contributed by atoms with Gasteiger partial charge in [-0.2, -0.15) is 0 Å². The summed E-state index contributed by atoms with van der Waals surface area (Å²) in [7, 11) is 0. The zero-order valence-corrected chi connectivity index (χ0v) is 21.9. The molecule has 6 rings (SSSR count). The molecular formula is C28H25ClF2N6O. The summed E-state index contributed by atoms with van der Waals surface area (Å²) in [5.74, 6) is 0.0452. The van der Waals surface area contributed by atoms with Gasteiger partial charge < -0.3 is 9.80 Å². The number of fused-ring (bicyclic) bond motifs is 2. The molecule has 4 aromatic rings. The maximum atomic E-state index is 15.0. The molecule has 194 valence electrons. The van der Waals surface area contributed by atoms with Gasteiger partial charge in [0.15, 0.2) is 11.5 Å². The van der Waals surface area contributed by atoms with Crippen LogP contribution in [0, 0.1) is 37.3 Å². The number of carbonyl (C=O) groups is 1. The molecule has 7 nitrogen and oxygen atoms in total. The molecule has 2 aromatic heterocycles. The first-order valence-electron chi connectivity index (χ1n) is 12.5. The minimum atomic E-state index is -0.549. The van der Waals surface area contributed by atoms with E-state index in [9.17, 15) is 9.18 Å². The summed E-state index contributed by atoms with van der Waals surface area (Å²) in [5, 5.41) is 0.263. The fourth-order valence-electron chi connectivity index (χ4n) is 5.46. The lowest BCUT2D eigenvalue weighted by Crippen LogP contribution is -2.31. The van der Waals surface area contributed by atoms with Gasteiger partial charge in [-0.25, -0.2) is 28.7 Å². The molecule has 2 aliphatic heterocycles. The molecule has 0 radical (unpaired) electrons. The van der Waals surface area contributed by atoms with Gasteiger partial charge in [0.2, 0.25) is 5.91 Å². The Kier molecular flexibility index (Phi) is 5.98. The Labute approximate surface area is 223 Å². The maximum absolute atomic E-state index is 15.0. The predicted octanol–water partition coefficient (Wildman–Crippen LogP) is 5.22. The second-order valence-electron chi connectivity index (χ2n) is 10.1. The molecular weight excluding hydrogens is 510 g/mol. The van der Waals surface area contributed by atoms with Crippen LogP contribution in [0.2, 0.25) is 5.02 Å². The van der Waals surface area contributed by atoms with Crippen LogP contribution in [0.5, 0.6) is 0 Å². The molecule has 0 bridgehead atoms. The number of rotatable bonds is 3. The summed E-state index contributed by atoms with van der Waals surface area (Å²) in [4.78, 5) is 34.3. The molecule has 0 saturated carbocycles. The van der Waals surface area contributed by atoms with Crippen molar-refractivity contribution in [2.45, 2.75) is 20.8 Å². The van der Waals surface area contributed by atoms with E-state index in [1.54, 1.807) is 19.1 Å². The number of carbonyl (C=O) groups excluding carboxylic acids is 1. The summed E-state index contributed by atoms with van der Waals surface area (Å²) >= 11 is 5.99. The van der Waals surface area contributed by atoms with Gasteiger partial charge in [0, 0.05) is 66.8 Å². The van der Waals surface area contributed by atoms with Crippen molar-refractivity contribution in [3.8, 4) is 22.6 Å². The third-order valence-corrected chi connectivity index (χ3v) is 7.80. The number of nitrogens with zero attached hydrogens (tertiary/aromatic N) is 6. The number of anilines is 1. The summed E-state index contributed by atoms with van der Waals surface area (Å²) in [6, 6.07) is 9.07. The van der Waals surface area contributed by atoms with Crippen molar-refractivity contribution in [1.29, 1.82) is 0 Å². The van der Waals surface area contributed by atoms with Crippen LogP contribution in [0.25, 0.3) is 33.8 Å². The first kappa shape index (κ1) is 24.6. The fourth-order valence-corrected chi connectivity index (χ4v) is 5.62. The molecule has 2 fully saturated rings. The minimum Gasteiger partial charge on any atom is -0.371 e. The highest BCUT2D eigenvalue weighted by molar-refractivity contribution is 6.30. The predicted molar refractivity (Wildman–Crippen MR) is 142 cm³/mol. The quantitative estimate of drug-likeness (QED) is 0.359. The van der Waals surface area contributed by atoms with E-state index in [-0.39, 0.29) is 28.0 Å². The topological polar surface area (TPSA) is 75.1 Å². The Morgan fingerprint density at radius 3 is 2.32 bits per heavy atom. The average molecular weight is 535 g/mol. The lowest BCUT2D eigenvalue weighted by atomic mass is 10.0. The third kappa shape index (κ3) is 4.34. The van der Waals surface area contributed by atoms with Gasteiger partial charge in [0.25, 0.3) is 0 Å². The highest BCUT2D eigenvalue weighted by Gasteiger charge is 2.41. The van der Waals surface area contributed by atoms with Gasteiger partial charge in [-0.3, -0.25) is 4.79 Å². The molecule has 0 aliphatic carbocycles. The van der Waals surface area contributed by atoms with Crippen LogP contribution in [0.1, 0.15) is 18.3 Å². The van der Waals surface area contributed by atoms with E-state index < -0.39 is 11.6 Å². The molecule has 2 saturated heterocycles. The molecule has 1 amide bonds. The van der Waals surface area contributed by atoms with Crippen LogP contribution in [0.15, 0.2) is 36.4 Å². The molecule has 2 unspecified atom stereocenters. The largest absolute Gasteiger partial charge is 0.371 e. The van der Waals surface area contributed by atoms with Gasteiger partial charge in [-0.05, 0) is 50.2 Å². The van der Waals surface area contributed by atoms with Crippen molar-refractivity contribution in [3.63, 3.8) is 0 Å². The number of halogens is 3. The molecule has 38 heavy (non-hydrogen) atoms. The normalized spacial score (nSPS) is 18.9. The summed E-state index contributed by atoms with van der Waals surface area (Å²) in [5.41, 5.74) is 3.68. The second kappa shape index (κ2) is 9.23. The number of aromatic nitrogens is 4. The van der Waals surface area contributed by atoms with Gasteiger partial charge in [0.05, 0.1) is 11.4 Å². The van der Waals surface area contributed by atoms with E-state index in [1.165, 1.54) is 18.2 Å². The smallest absolute Gasteiger partial charge is 0.219 e. The molecule has 0 spiro atoms. The number of hydrogen-bond acceptors (Lipinski definition) is 6. The second-order valence-corrected chi connectivity index (χ2v) is 10.6. The molecule has 4 heterocycles. The number of likely N-dealkylation sites (tertiary alicyclic amines) is 1. The molecule has 2 aromatic carbocycles. The van der Waals surface area contributed by atoms with Gasteiger partial charge >= 0.3 is 0 Å². The highest BCUT2D eigenvalue weighted by atomic mass is 35.5. The Hall–Kier alpha value is -3.72. The number of amides is 1. The maximum Gasteiger partial charge on any atom is 0.219 e. The zero-order chi connectivity index (χ0) is 26.7. The van der Waals surface area contributed by atoms with Crippen molar-refractivity contribution in [3.05, 3.63) is 64.4 Å². The molecule has 2 aliphatic rings. The number of aryl methyl sites for hydroxylation is 2. The first-order valence-corrected chi connectivity index (χ1v) is 12.8. The van der Waals surface area contributed by atoms with Crippen LogP contribution in [-0.4, -0.2) is 56.9 Å². The highest BCUT2D eigenvalue weighted by Crippen LogP contribution is 2.36. The first-order chi connectivity index (χ1) is 18.2. The van der Waals surface area contributed by atoms with E-state index in [0.29, 0.717) is 40.0 Å². The van der Waals surface area contributed by atoms with E-state index in [4.69, 9.17) is 11.6 Å². The number of hydrogen-bond donors (Lipinski definition) is 0. The minimum absolute atomic E-state index is 0.0916. The van der Waals surface area contributed by atoms with Crippen molar-refractivity contribution < 1.29 is 13.6 Å². The lowest BCUT2D eigenvalue weighted by molar-refractivity contribution is -0.128. The average Bonchev–Trinajstić information content (AvgIpc) is 3.44. The van der Waals surface area contributed by atoms with Crippen LogP contribution in [-0.2, 0) is 4.79 Å². The molecule has 10 heteroatoms. The number of benzene rings is 2. The van der Waals surface area contributed by atoms with E-state index in [1.807, 2.05) is 24.8 Å². The zero-order valence-electron chi connectivity index (χ0n) is 21.2. The lowest BCUT2D eigenvalue weighted by Gasteiger charge is -2.23. The SMILES string of the molecule is CC(=O)N1CC2CN(c3cc(F)cc(-c4nc(-c5ccc(Cl)cc5F)c5nc(C)c(C)nc5n4)c3)CC2C1. The van der Waals surface area contributed by atoms with Crippen molar-refractivity contribution in [2.75, 3.05) is 31.1 Å². The summed E-state index contributed by atoms with van der Waals surface area (Å²) in [6.45, 7) is 8.15. The Bertz CT molecular complexity index is 1600. The van der Waals surface area contributed by atoms with Crippen LogP contribution < -0.4 is 4.90 Å². The summed E-state index contributed by atoms with van der Waals surface area (Å²) in [6.07, 6.45) is 0. The van der Waals surface area contributed by atoms with Crippen LogP contribution >= 0.6 is 11.6 Å². The van der Waals surface area contributed by atoms with Crippen LogP contribution in [0.4, 0.5) is 14.5 Å². The standard InChI is InChI=1S/C28H25ClF2N6O/c1-14-15(2)33-28-26(32-14)25(23-5-4-20(29)8-24(23)31)34-27(35-28)17-6-21(30)9-22(7-17)37-12-18-10-36(16(3)38)11-19(18)13-37/h4-9,18-19H,10-13H2,1-3H3. The fraction of sp³-hybridized carbons (Fsp3) is 0.321. The third-order valence-electron chi connectivity index (χ3n) is 7.57. The molecule has 0 N–H and O–H groups in total. The van der Waals surface area contributed by atoms with Crippen molar-refractivity contribution in [1.82, 2.24) is 24.8 Å².